The van der Waals surface area contributed by atoms with Gasteiger partial charge in [-0.05, 0) is 116 Å². The summed E-state index contributed by atoms with van der Waals surface area (Å²) in [6.45, 7) is 6.43. The Morgan fingerprint density at radius 3 is 0.747 bits per heavy atom. The van der Waals surface area contributed by atoms with Gasteiger partial charge in [0.2, 0.25) is 0 Å². The largest absolute Gasteiger partial charge is 0.462 e. The molecular formula is C77H134O6. The molecular weight excluding hydrogens is 1020 g/mol. The van der Waals surface area contributed by atoms with Crippen LogP contribution in [-0.4, -0.2) is 37.2 Å². The number of esters is 3. The molecule has 0 aromatic carbocycles. The predicted octanol–water partition coefficient (Wildman–Crippen LogP) is 24.8. The number of carbonyl (C=O) groups excluding carboxylic acids is 3. The number of allylic oxidation sites excluding steroid dienone is 16. The average Bonchev–Trinajstić information content (AvgIpc) is 3.49. The van der Waals surface area contributed by atoms with E-state index in [4.69, 9.17) is 14.2 Å². The summed E-state index contributed by atoms with van der Waals surface area (Å²) in [4.78, 5) is 38.4. The molecule has 0 fully saturated rings. The van der Waals surface area contributed by atoms with E-state index in [1.54, 1.807) is 0 Å². The normalized spacial score (nSPS) is 12.7. The van der Waals surface area contributed by atoms with E-state index in [-0.39, 0.29) is 31.1 Å². The molecule has 6 heteroatoms. The fourth-order valence-electron chi connectivity index (χ4n) is 10.3. The van der Waals surface area contributed by atoms with Crippen LogP contribution in [0.1, 0.15) is 355 Å². The maximum Gasteiger partial charge on any atom is 0.306 e. The zero-order valence-electron chi connectivity index (χ0n) is 54.9. The minimum atomic E-state index is -0.789. The quantitative estimate of drug-likeness (QED) is 0.0261. The van der Waals surface area contributed by atoms with E-state index in [9.17, 15) is 14.4 Å². The van der Waals surface area contributed by atoms with E-state index in [0.29, 0.717) is 19.3 Å². The lowest BCUT2D eigenvalue weighted by Gasteiger charge is -2.18. The van der Waals surface area contributed by atoms with Crippen LogP contribution in [0.2, 0.25) is 0 Å². The Bertz CT molecular complexity index is 1610. The minimum Gasteiger partial charge on any atom is -0.462 e. The third-order valence-corrected chi connectivity index (χ3v) is 15.6. The number of unbranched alkanes of at least 4 members (excludes halogenated alkanes) is 38. The van der Waals surface area contributed by atoms with Gasteiger partial charge >= 0.3 is 17.9 Å². The zero-order chi connectivity index (χ0) is 59.9. The van der Waals surface area contributed by atoms with Gasteiger partial charge in [0, 0.05) is 19.3 Å². The van der Waals surface area contributed by atoms with Crippen molar-refractivity contribution in [2.45, 2.75) is 361 Å². The highest BCUT2D eigenvalue weighted by Crippen LogP contribution is 2.18. The van der Waals surface area contributed by atoms with Crippen molar-refractivity contribution >= 4 is 17.9 Å². The van der Waals surface area contributed by atoms with Crippen molar-refractivity contribution in [3.63, 3.8) is 0 Å². The molecule has 6 nitrogen and oxygen atoms in total. The Hall–Kier alpha value is -3.67. The monoisotopic (exact) mass is 1160 g/mol. The molecule has 0 radical (unpaired) electrons. The maximum atomic E-state index is 12.9. The first-order valence-corrected chi connectivity index (χ1v) is 35.7. The molecule has 0 amide bonds. The second-order valence-corrected chi connectivity index (χ2v) is 23.7. The second-order valence-electron chi connectivity index (χ2n) is 23.7. The first-order chi connectivity index (χ1) is 41.0. The van der Waals surface area contributed by atoms with E-state index in [2.05, 4.69) is 118 Å². The van der Waals surface area contributed by atoms with E-state index >= 15 is 0 Å². The highest BCUT2D eigenvalue weighted by molar-refractivity contribution is 5.71. The summed E-state index contributed by atoms with van der Waals surface area (Å²) in [5.74, 6) is -0.892. The Labute approximate surface area is 515 Å². The van der Waals surface area contributed by atoms with Crippen LogP contribution in [0.4, 0.5) is 0 Å². The second kappa shape index (κ2) is 70.8. The van der Waals surface area contributed by atoms with Crippen LogP contribution in [0.5, 0.6) is 0 Å². The van der Waals surface area contributed by atoms with Crippen molar-refractivity contribution in [3.05, 3.63) is 97.2 Å². The van der Waals surface area contributed by atoms with Gasteiger partial charge in [-0.25, -0.2) is 0 Å². The molecule has 0 aliphatic carbocycles. The fraction of sp³-hybridized carbons (Fsp3) is 0.753. The van der Waals surface area contributed by atoms with Crippen LogP contribution >= 0.6 is 0 Å². The van der Waals surface area contributed by atoms with Gasteiger partial charge in [-0.3, -0.25) is 14.4 Å². The molecule has 1 atom stereocenters. The Kier molecular flexibility index (Phi) is 67.7. The van der Waals surface area contributed by atoms with Crippen LogP contribution in [0, 0.1) is 0 Å². The summed E-state index contributed by atoms with van der Waals surface area (Å²) in [5, 5.41) is 0. The molecule has 0 bridgehead atoms. The first-order valence-electron chi connectivity index (χ1n) is 35.7. The minimum absolute atomic E-state index is 0.0830. The zero-order valence-corrected chi connectivity index (χ0v) is 54.9. The summed E-state index contributed by atoms with van der Waals surface area (Å²) >= 11 is 0. The molecule has 0 saturated carbocycles. The van der Waals surface area contributed by atoms with Gasteiger partial charge in [0.1, 0.15) is 13.2 Å². The van der Waals surface area contributed by atoms with Crippen LogP contribution in [-0.2, 0) is 28.6 Å². The Balaban J connectivity index is 4.13. The molecule has 0 saturated heterocycles. The molecule has 0 heterocycles. The summed E-state index contributed by atoms with van der Waals surface area (Å²) in [7, 11) is 0. The third-order valence-electron chi connectivity index (χ3n) is 15.6. The molecule has 0 N–H and O–H groups in total. The molecule has 83 heavy (non-hydrogen) atoms. The van der Waals surface area contributed by atoms with Crippen LogP contribution < -0.4 is 0 Å². The number of ether oxygens (including phenoxy) is 3. The summed E-state index contributed by atoms with van der Waals surface area (Å²) in [6.07, 6.45) is 96.0. The van der Waals surface area contributed by atoms with Crippen LogP contribution in [0.15, 0.2) is 97.2 Å². The molecule has 0 aromatic heterocycles. The van der Waals surface area contributed by atoms with Crippen molar-refractivity contribution in [2.75, 3.05) is 13.2 Å². The topological polar surface area (TPSA) is 78.9 Å². The number of hydrogen-bond acceptors (Lipinski definition) is 6. The number of carbonyl (C=O) groups is 3. The van der Waals surface area contributed by atoms with Crippen LogP contribution in [0.25, 0.3) is 0 Å². The number of rotatable bonds is 65. The Morgan fingerprint density at radius 1 is 0.253 bits per heavy atom. The first kappa shape index (κ1) is 79.3. The molecule has 0 rings (SSSR count). The molecule has 0 aromatic rings. The van der Waals surface area contributed by atoms with E-state index in [1.807, 2.05) is 0 Å². The van der Waals surface area contributed by atoms with Crippen LogP contribution in [0.3, 0.4) is 0 Å². The number of hydrogen-bond donors (Lipinski definition) is 0. The molecule has 1 unspecified atom stereocenters. The van der Waals surface area contributed by atoms with E-state index < -0.39 is 6.10 Å². The lowest BCUT2D eigenvalue weighted by Crippen LogP contribution is -2.30. The van der Waals surface area contributed by atoms with Crippen molar-refractivity contribution in [2.24, 2.45) is 0 Å². The van der Waals surface area contributed by atoms with Gasteiger partial charge in [-0.15, -0.1) is 0 Å². The van der Waals surface area contributed by atoms with Gasteiger partial charge < -0.3 is 14.2 Å². The maximum absolute atomic E-state index is 12.9. The smallest absolute Gasteiger partial charge is 0.306 e. The highest BCUT2D eigenvalue weighted by atomic mass is 16.6. The lowest BCUT2D eigenvalue weighted by atomic mass is 10.0. The van der Waals surface area contributed by atoms with Gasteiger partial charge in [0.15, 0.2) is 6.10 Å². The standard InChI is InChI=1S/C77H134O6/c1-4-7-10-13-16-19-22-25-28-29-30-31-32-33-34-35-36-37-38-39-40-41-42-43-44-45-46-47-50-52-55-58-61-64-67-70-76(79)82-73-74(83-77(80)71-68-65-62-59-56-53-49-27-24-21-18-15-12-9-6-3)72-81-75(78)69-66-63-60-57-54-51-48-26-23-20-17-14-11-8-5-2/h7,9-10,12,16,18-19,21,25-28,30-31,48-49,74H,4-6,8,11,13-15,17,20,22-24,29,32-47,50-73H2,1-3H3/b10-7-,12-9-,19-16-,21-18-,28-25-,31-30-,48-26-,49-27-. The summed E-state index contributed by atoms with van der Waals surface area (Å²) in [6, 6.07) is 0. The van der Waals surface area contributed by atoms with Crippen molar-refractivity contribution in [1.82, 2.24) is 0 Å². The molecule has 0 spiro atoms. The van der Waals surface area contributed by atoms with Crippen molar-refractivity contribution in [1.29, 1.82) is 0 Å². The third kappa shape index (κ3) is 69.0. The van der Waals surface area contributed by atoms with Crippen molar-refractivity contribution < 1.29 is 28.6 Å². The SMILES string of the molecule is CC/C=C\C/C=C\C/C=C\C/C=C\CCCCCCCCCCCCCCCCCCCCCCCCC(=O)OCC(COC(=O)CCCCCCC/C=C\CCCCCCCC)OC(=O)CCCCCCC/C=C\C/C=C\C/C=C\CC. The Morgan fingerprint density at radius 2 is 0.470 bits per heavy atom. The average molecular weight is 1160 g/mol. The summed E-state index contributed by atoms with van der Waals surface area (Å²) in [5.41, 5.74) is 0. The van der Waals surface area contributed by atoms with Crippen molar-refractivity contribution in [3.8, 4) is 0 Å². The predicted molar refractivity (Wildman–Crippen MR) is 362 cm³/mol. The highest BCUT2D eigenvalue weighted by Gasteiger charge is 2.19. The van der Waals surface area contributed by atoms with Gasteiger partial charge in [-0.2, -0.15) is 0 Å². The van der Waals surface area contributed by atoms with Gasteiger partial charge in [-0.1, -0.05) is 317 Å². The molecule has 0 aliphatic rings. The summed E-state index contributed by atoms with van der Waals surface area (Å²) < 4.78 is 16.9. The molecule has 478 valence electrons. The van der Waals surface area contributed by atoms with Gasteiger partial charge in [0.05, 0.1) is 0 Å². The van der Waals surface area contributed by atoms with E-state index in [0.717, 1.165) is 128 Å². The fourth-order valence-corrected chi connectivity index (χ4v) is 10.3. The lowest BCUT2D eigenvalue weighted by molar-refractivity contribution is -0.167. The van der Waals surface area contributed by atoms with E-state index in [1.165, 1.54) is 186 Å². The van der Waals surface area contributed by atoms with Gasteiger partial charge in [0.25, 0.3) is 0 Å². The molecule has 0 aliphatic heterocycles.